The molecule has 1 aromatic rings. The molecule has 20 heavy (non-hydrogen) atoms. The summed E-state index contributed by atoms with van der Waals surface area (Å²) in [6, 6.07) is 3.67. The molecular weight excluding hydrogens is 278 g/mol. The SMILES string of the molecule is CC(C)(C)OCC(=O)NCc1ccc(/C=C/C(=O)O)s1. The van der Waals surface area contributed by atoms with Gasteiger partial charge >= 0.3 is 5.97 Å². The van der Waals surface area contributed by atoms with Crippen molar-refractivity contribution in [2.45, 2.75) is 32.9 Å². The molecule has 0 aliphatic heterocycles. The maximum atomic E-state index is 11.6. The lowest BCUT2D eigenvalue weighted by Gasteiger charge is -2.18. The fourth-order valence-electron chi connectivity index (χ4n) is 1.25. The summed E-state index contributed by atoms with van der Waals surface area (Å²) in [6.45, 7) is 6.11. The molecule has 0 saturated heterocycles. The van der Waals surface area contributed by atoms with Gasteiger partial charge in [-0.2, -0.15) is 0 Å². The van der Waals surface area contributed by atoms with Gasteiger partial charge in [-0.3, -0.25) is 4.79 Å². The Morgan fingerprint density at radius 3 is 2.70 bits per heavy atom. The molecule has 5 nitrogen and oxygen atoms in total. The van der Waals surface area contributed by atoms with Crippen molar-refractivity contribution in [1.82, 2.24) is 5.32 Å². The molecule has 6 heteroatoms. The molecule has 1 rings (SSSR count). The molecule has 0 radical (unpaired) electrons. The number of rotatable bonds is 6. The van der Waals surface area contributed by atoms with Gasteiger partial charge in [-0.05, 0) is 39.0 Å². The van der Waals surface area contributed by atoms with Crippen molar-refractivity contribution in [3.05, 3.63) is 28.0 Å². The van der Waals surface area contributed by atoms with Gasteiger partial charge in [0.1, 0.15) is 6.61 Å². The zero-order valence-corrected chi connectivity index (χ0v) is 12.6. The second kappa shape index (κ2) is 7.21. The standard InChI is InChI=1S/C14H19NO4S/c1-14(2,3)19-9-12(16)15-8-11-5-4-10(20-11)6-7-13(17)18/h4-7H,8-9H2,1-3H3,(H,15,16)(H,17,18)/b7-6+. The quantitative estimate of drug-likeness (QED) is 0.790. The van der Waals surface area contributed by atoms with E-state index in [-0.39, 0.29) is 18.1 Å². The van der Waals surface area contributed by atoms with Crippen LogP contribution in [0.1, 0.15) is 30.5 Å². The molecule has 0 aromatic carbocycles. The van der Waals surface area contributed by atoms with Gasteiger partial charge in [-0.25, -0.2) is 4.79 Å². The van der Waals surface area contributed by atoms with Gasteiger partial charge in [0.2, 0.25) is 5.91 Å². The first-order valence-electron chi connectivity index (χ1n) is 6.16. The van der Waals surface area contributed by atoms with Crippen LogP contribution in [0.5, 0.6) is 0 Å². The van der Waals surface area contributed by atoms with Gasteiger partial charge < -0.3 is 15.2 Å². The Morgan fingerprint density at radius 1 is 1.40 bits per heavy atom. The second-order valence-corrected chi connectivity index (χ2v) is 6.35. The Hall–Kier alpha value is -1.66. The summed E-state index contributed by atoms with van der Waals surface area (Å²) in [5.41, 5.74) is -0.338. The third kappa shape index (κ3) is 7.06. The Kier molecular flexibility index (Phi) is 5.91. The molecule has 0 atom stereocenters. The van der Waals surface area contributed by atoms with E-state index in [0.29, 0.717) is 6.54 Å². The molecule has 0 spiro atoms. The molecule has 0 aliphatic carbocycles. The first-order valence-corrected chi connectivity index (χ1v) is 6.98. The molecule has 0 unspecified atom stereocenters. The van der Waals surface area contributed by atoms with Crippen molar-refractivity contribution in [3.63, 3.8) is 0 Å². The number of hydrogen-bond donors (Lipinski definition) is 2. The van der Waals surface area contributed by atoms with Gasteiger partial charge in [-0.1, -0.05) is 0 Å². The smallest absolute Gasteiger partial charge is 0.328 e. The summed E-state index contributed by atoms with van der Waals surface area (Å²) < 4.78 is 5.36. The monoisotopic (exact) mass is 297 g/mol. The van der Waals surface area contributed by atoms with Crippen LogP contribution in [-0.2, 0) is 20.9 Å². The van der Waals surface area contributed by atoms with Crippen LogP contribution in [0, 0.1) is 0 Å². The normalized spacial score (nSPS) is 11.8. The number of carbonyl (C=O) groups excluding carboxylic acids is 1. The van der Waals surface area contributed by atoms with Crippen molar-refractivity contribution in [1.29, 1.82) is 0 Å². The lowest BCUT2D eigenvalue weighted by molar-refractivity contribution is -0.131. The maximum absolute atomic E-state index is 11.6. The van der Waals surface area contributed by atoms with E-state index >= 15 is 0 Å². The number of carboxylic acids is 1. The minimum Gasteiger partial charge on any atom is -0.478 e. The molecule has 1 heterocycles. The summed E-state index contributed by atoms with van der Waals surface area (Å²) in [4.78, 5) is 23.7. The van der Waals surface area contributed by atoms with Crippen LogP contribution in [0.25, 0.3) is 6.08 Å². The molecule has 110 valence electrons. The Bertz CT molecular complexity index is 500. The van der Waals surface area contributed by atoms with E-state index in [4.69, 9.17) is 9.84 Å². The van der Waals surface area contributed by atoms with E-state index < -0.39 is 5.97 Å². The lowest BCUT2D eigenvalue weighted by atomic mass is 10.2. The first kappa shape index (κ1) is 16.4. The number of hydrogen-bond acceptors (Lipinski definition) is 4. The highest BCUT2D eigenvalue weighted by atomic mass is 32.1. The molecule has 0 saturated carbocycles. The summed E-state index contributed by atoms with van der Waals surface area (Å²) in [5, 5.41) is 11.3. The first-order chi connectivity index (χ1) is 9.26. The molecule has 2 N–H and O–H groups in total. The summed E-state index contributed by atoms with van der Waals surface area (Å²) in [5.74, 6) is -1.15. The average molecular weight is 297 g/mol. The van der Waals surface area contributed by atoms with Crippen molar-refractivity contribution in [2.75, 3.05) is 6.61 Å². The Morgan fingerprint density at radius 2 is 2.10 bits per heavy atom. The maximum Gasteiger partial charge on any atom is 0.328 e. The van der Waals surface area contributed by atoms with Crippen molar-refractivity contribution in [2.24, 2.45) is 0 Å². The minimum absolute atomic E-state index is 0.0284. The number of aliphatic carboxylic acids is 1. The van der Waals surface area contributed by atoms with Crippen LogP contribution in [0.15, 0.2) is 18.2 Å². The lowest BCUT2D eigenvalue weighted by Crippen LogP contribution is -2.31. The van der Waals surface area contributed by atoms with Crippen molar-refractivity contribution < 1.29 is 19.4 Å². The Labute approximate surface area is 122 Å². The van der Waals surface area contributed by atoms with E-state index in [1.54, 1.807) is 0 Å². The predicted octanol–water partition coefficient (Wildman–Crippen LogP) is 2.28. The van der Waals surface area contributed by atoms with Crippen LogP contribution in [0.4, 0.5) is 0 Å². The van der Waals surface area contributed by atoms with Gasteiger partial charge in [0.15, 0.2) is 0 Å². The van der Waals surface area contributed by atoms with E-state index in [1.165, 1.54) is 17.4 Å². The van der Waals surface area contributed by atoms with Crippen molar-refractivity contribution >= 4 is 29.3 Å². The molecule has 0 fully saturated rings. The summed E-state index contributed by atoms with van der Waals surface area (Å²) in [6.07, 6.45) is 2.62. The van der Waals surface area contributed by atoms with E-state index in [0.717, 1.165) is 15.8 Å². The zero-order chi connectivity index (χ0) is 15.2. The zero-order valence-electron chi connectivity index (χ0n) is 11.8. The number of carboxylic acid groups (broad SMARTS) is 1. The van der Waals surface area contributed by atoms with Crippen LogP contribution in [-0.4, -0.2) is 29.2 Å². The fourth-order valence-corrected chi connectivity index (χ4v) is 2.11. The fraction of sp³-hybridized carbons (Fsp3) is 0.429. The van der Waals surface area contributed by atoms with Gasteiger partial charge in [-0.15, -0.1) is 11.3 Å². The second-order valence-electron chi connectivity index (χ2n) is 5.15. The van der Waals surface area contributed by atoms with Crippen LogP contribution >= 0.6 is 11.3 Å². The predicted molar refractivity (Wildman–Crippen MR) is 78.5 cm³/mol. The van der Waals surface area contributed by atoms with E-state index in [2.05, 4.69) is 5.32 Å². The summed E-state index contributed by atoms with van der Waals surface area (Å²) in [7, 11) is 0. The Balaban J connectivity index is 2.39. The number of ether oxygens (including phenoxy) is 1. The molecule has 0 aliphatic rings. The van der Waals surface area contributed by atoms with Gasteiger partial charge in [0.05, 0.1) is 12.1 Å². The number of nitrogens with one attached hydrogen (secondary N) is 1. The van der Waals surface area contributed by atoms with E-state index in [9.17, 15) is 9.59 Å². The minimum atomic E-state index is -0.979. The third-order valence-electron chi connectivity index (χ3n) is 2.17. The van der Waals surface area contributed by atoms with Gasteiger partial charge in [0.25, 0.3) is 0 Å². The topological polar surface area (TPSA) is 75.6 Å². The van der Waals surface area contributed by atoms with Crippen LogP contribution in [0.2, 0.25) is 0 Å². The molecule has 0 bridgehead atoms. The third-order valence-corrected chi connectivity index (χ3v) is 3.22. The highest BCUT2D eigenvalue weighted by Gasteiger charge is 2.12. The summed E-state index contributed by atoms with van der Waals surface area (Å²) >= 11 is 1.43. The van der Waals surface area contributed by atoms with Crippen LogP contribution < -0.4 is 5.32 Å². The van der Waals surface area contributed by atoms with Gasteiger partial charge in [0, 0.05) is 15.8 Å². The number of thiophene rings is 1. The van der Waals surface area contributed by atoms with E-state index in [1.807, 2.05) is 32.9 Å². The highest BCUT2D eigenvalue weighted by molar-refractivity contribution is 7.12. The molecule has 1 amide bonds. The van der Waals surface area contributed by atoms with Crippen molar-refractivity contribution in [3.8, 4) is 0 Å². The molecular formula is C14H19NO4S. The molecule has 1 aromatic heterocycles. The number of amides is 1. The van der Waals surface area contributed by atoms with Crippen LogP contribution in [0.3, 0.4) is 0 Å². The average Bonchev–Trinajstić information content (AvgIpc) is 2.78. The highest BCUT2D eigenvalue weighted by Crippen LogP contribution is 2.17. The number of carbonyl (C=O) groups is 2. The largest absolute Gasteiger partial charge is 0.478 e.